The maximum atomic E-state index is 14.4. The summed E-state index contributed by atoms with van der Waals surface area (Å²) >= 11 is 1.62. The van der Waals surface area contributed by atoms with Gasteiger partial charge in [-0.3, -0.25) is 9.36 Å². The fourth-order valence-electron chi connectivity index (χ4n) is 3.71. The Morgan fingerprint density at radius 3 is 2.92 bits per heavy atom. The van der Waals surface area contributed by atoms with E-state index < -0.39 is 0 Å². The molecule has 7 heteroatoms. The van der Waals surface area contributed by atoms with Crippen LogP contribution < -0.4 is 5.32 Å². The fourth-order valence-corrected chi connectivity index (χ4v) is 4.78. The second kappa shape index (κ2) is 5.37. The number of halogens is 1. The van der Waals surface area contributed by atoms with Crippen LogP contribution in [-0.4, -0.2) is 32.7 Å². The Labute approximate surface area is 148 Å². The highest BCUT2D eigenvalue weighted by atomic mass is 32.1. The smallest absolute Gasteiger partial charge is 0.151 e. The Morgan fingerprint density at radius 1 is 1.28 bits per heavy atom. The molecule has 128 valence electrons. The third kappa shape index (κ3) is 2.30. The van der Waals surface area contributed by atoms with Gasteiger partial charge in [0.2, 0.25) is 0 Å². The predicted octanol–water partition coefficient (Wildman–Crippen LogP) is 3.63. The SMILES string of the molecule is Cc1c2cc(-c3cc(F)c4nn(C)cc4c3)sc2nn1[C@@H]1CCNC1. The van der Waals surface area contributed by atoms with Gasteiger partial charge >= 0.3 is 0 Å². The summed E-state index contributed by atoms with van der Waals surface area (Å²) < 4.78 is 18.2. The van der Waals surface area contributed by atoms with E-state index in [4.69, 9.17) is 5.10 Å². The van der Waals surface area contributed by atoms with E-state index in [2.05, 4.69) is 28.1 Å². The summed E-state index contributed by atoms with van der Waals surface area (Å²) in [4.78, 5) is 2.06. The normalized spacial score (nSPS) is 18.0. The number of nitrogens with zero attached hydrogens (tertiary/aromatic N) is 4. The van der Waals surface area contributed by atoms with Crippen LogP contribution in [0.25, 0.3) is 31.6 Å². The van der Waals surface area contributed by atoms with Crippen LogP contribution in [0.1, 0.15) is 18.2 Å². The van der Waals surface area contributed by atoms with Gasteiger partial charge in [-0.25, -0.2) is 4.39 Å². The van der Waals surface area contributed by atoms with Gasteiger partial charge in [-0.2, -0.15) is 10.2 Å². The third-order valence-corrected chi connectivity index (χ3v) is 6.05. The number of aryl methyl sites for hydroxylation is 2. The molecule has 25 heavy (non-hydrogen) atoms. The number of rotatable bonds is 2. The molecule has 0 saturated carbocycles. The summed E-state index contributed by atoms with van der Waals surface area (Å²) in [5.74, 6) is -0.280. The molecule has 1 atom stereocenters. The summed E-state index contributed by atoms with van der Waals surface area (Å²) in [6, 6.07) is 6.15. The van der Waals surface area contributed by atoms with E-state index in [1.807, 2.05) is 19.3 Å². The second-order valence-electron chi connectivity index (χ2n) is 6.70. The van der Waals surface area contributed by atoms with Gasteiger partial charge < -0.3 is 5.32 Å². The number of nitrogens with one attached hydrogen (secondary N) is 1. The lowest BCUT2D eigenvalue weighted by Gasteiger charge is -2.11. The first-order valence-corrected chi connectivity index (χ1v) is 9.24. The summed E-state index contributed by atoms with van der Waals surface area (Å²) in [6.45, 7) is 4.15. The van der Waals surface area contributed by atoms with Crippen LogP contribution >= 0.6 is 11.3 Å². The van der Waals surface area contributed by atoms with Crippen LogP contribution in [0.3, 0.4) is 0 Å². The monoisotopic (exact) mass is 355 g/mol. The Hall–Kier alpha value is -2.25. The lowest BCUT2D eigenvalue weighted by atomic mass is 10.1. The first-order chi connectivity index (χ1) is 12.1. The van der Waals surface area contributed by atoms with Crippen molar-refractivity contribution in [2.75, 3.05) is 13.1 Å². The summed E-state index contributed by atoms with van der Waals surface area (Å²) in [7, 11) is 1.81. The van der Waals surface area contributed by atoms with Gasteiger partial charge in [-0.1, -0.05) is 0 Å². The highest BCUT2D eigenvalue weighted by Crippen LogP contribution is 2.37. The molecule has 3 aromatic heterocycles. The zero-order valence-corrected chi connectivity index (χ0v) is 14.9. The van der Waals surface area contributed by atoms with Crippen LogP contribution in [0.5, 0.6) is 0 Å². The first kappa shape index (κ1) is 15.0. The molecular formula is C18H18FN5S. The van der Waals surface area contributed by atoms with Gasteiger partial charge in [0.05, 0.1) is 6.04 Å². The van der Waals surface area contributed by atoms with Crippen LogP contribution in [0.2, 0.25) is 0 Å². The molecule has 0 bridgehead atoms. The van der Waals surface area contributed by atoms with E-state index in [0.29, 0.717) is 11.6 Å². The third-order valence-electron chi connectivity index (χ3n) is 4.99. The van der Waals surface area contributed by atoms with Crippen molar-refractivity contribution in [3.8, 4) is 10.4 Å². The summed E-state index contributed by atoms with van der Waals surface area (Å²) in [5, 5.41) is 14.4. The van der Waals surface area contributed by atoms with Gasteiger partial charge in [0.1, 0.15) is 10.3 Å². The largest absolute Gasteiger partial charge is 0.315 e. The van der Waals surface area contributed by atoms with E-state index in [0.717, 1.165) is 40.2 Å². The molecule has 0 unspecified atom stereocenters. The van der Waals surface area contributed by atoms with Gasteiger partial charge in [0, 0.05) is 41.1 Å². The number of hydrogen-bond acceptors (Lipinski definition) is 4. The Balaban J connectivity index is 1.61. The minimum atomic E-state index is -0.280. The van der Waals surface area contributed by atoms with Crippen LogP contribution in [-0.2, 0) is 7.05 Å². The average Bonchev–Trinajstić information content (AvgIpc) is 3.32. The number of aromatic nitrogens is 4. The van der Waals surface area contributed by atoms with Crippen molar-refractivity contribution in [1.29, 1.82) is 0 Å². The molecule has 1 fully saturated rings. The molecule has 0 spiro atoms. The molecule has 1 aliphatic heterocycles. The van der Waals surface area contributed by atoms with Gasteiger partial charge in [-0.05, 0) is 43.7 Å². The van der Waals surface area contributed by atoms with Crippen molar-refractivity contribution in [3.63, 3.8) is 0 Å². The van der Waals surface area contributed by atoms with Crippen LogP contribution in [0.4, 0.5) is 4.39 Å². The molecule has 1 saturated heterocycles. The van der Waals surface area contributed by atoms with Crippen molar-refractivity contribution >= 4 is 32.5 Å². The second-order valence-corrected chi connectivity index (χ2v) is 7.74. The first-order valence-electron chi connectivity index (χ1n) is 8.43. The zero-order valence-electron chi connectivity index (χ0n) is 14.1. The van der Waals surface area contributed by atoms with E-state index in [9.17, 15) is 4.39 Å². The topological polar surface area (TPSA) is 47.7 Å². The lowest BCUT2D eigenvalue weighted by Crippen LogP contribution is -2.15. The number of benzene rings is 1. The minimum absolute atomic E-state index is 0.280. The Kier molecular flexibility index (Phi) is 3.23. The van der Waals surface area contributed by atoms with Crippen molar-refractivity contribution in [2.45, 2.75) is 19.4 Å². The van der Waals surface area contributed by atoms with Crippen molar-refractivity contribution < 1.29 is 4.39 Å². The minimum Gasteiger partial charge on any atom is -0.315 e. The quantitative estimate of drug-likeness (QED) is 0.597. The maximum Gasteiger partial charge on any atom is 0.151 e. The van der Waals surface area contributed by atoms with Crippen molar-refractivity contribution in [2.24, 2.45) is 7.05 Å². The van der Waals surface area contributed by atoms with E-state index >= 15 is 0 Å². The molecule has 1 aliphatic rings. The van der Waals surface area contributed by atoms with Crippen LogP contribution in [0.15, 0.2) is 24.4 Å². The molecule has 0 radical (unpaired) electrons. The maximum absolute atomic E-state index is 14.4. The predicted molar refractivity (Wildman–Crippen MR) is 98.5 cm³/mol. The molecule has 4 heterocycles. The van der Waals surface area contributed by atoms with Crippen LogP contribution in [0, 0.1) is 12.7 Å². The van der Waals surface area contributed by atoms with E-state index in [1.165, 1.54) is 11.1 Å². The van der Waals surface area contributed by atoms with Gasteiger partial charge in [0.15, 0.2) is 5.82 Å². The molecule has 5 nitrogen and oxygen atoms in total. The van der Waals surface area contributed by atoms with E-state index in [-0.39, 0.29) is 5.82 Å². The standard InChI is InChI=1S/C18H18FN5S/c1-10-14-7-16(25-18(14)22-24(10)13-3-4-20-8-13)11-5-12-9-23(2)21-17(12)15(19)6-11/h5-7,9,13,20H,3-4,8H2,1-2H3/t13-/m1/s1. The van der Waals surface area contributed by atoms with E-state index in [1.54, 1.807) is 22.1 Å². The molecule has 0 amide bonds. The molecule has 1 N–H and O–H groups in total. The lowest BCUT2D eigenvalue weighted by molar-refractivity contribution is 0.484. The summed E-state index contributed by atoms with van der Waals surface area (Å²) in [5.41, 5.74) is 2.49. The van der Waals surface area contributed by atoms with Gasteiger partial charge in [-0.15, -0.1) is 11.3 Å². The number of thiophene rings is 1. The highest BCUT2D eigenvalue weighted by Gasteiger charge is 2.22. The Bertz CT molecular complexity index is 1100. The highest BCUT2D eigenvalue weighted by molar-refractivity contribution is 7.21. The molecule has 4 aromatic rings. The average molecular weight is 355 g/mol. The van der Waals surface area contributed by atoms with Gasteiger partial charge in [0.25, 0.3) is 0 Å². The molecule has 5 rings (SSSR count). The molecule has 1 aromatic carbocycles. The zero-order chi connectivity index (χ0) is 17.1. The van der Waals surface area contributed by atoms with Crippen molar-refractivity contribution in [3.05, 3.63) is 35.9 Å². The Morgan fingerprint density at radius 2 is 2.16 bits per heavy atom. The summed E-state index contributed by atoms with van der Waals surface area (Å²) in [6.07, 6.45) is 2.96. The van der Waals surface area contributed by atoms with Crippen molar-refractivity contribution in [1.82, 2.24) is 24.9 Å². The number of hydrogen-bond donors (Lipinski definition) is 1. The number of fused-ring (bicyclic) bond motifs is 2. The molecular weight excluding hydrogens is 337 g/mol. The fraction of sp³-hybridized carbons (Fsp3) is 0.333. The molecule has 0 aliphatic carbocycles.